The van der Waals surface area contributed by atoms with Crippen molar-refractivity contribution in [2.24, 2.45) is 5.41 Å². The van der Waals surface area contributed by atoms with Crippen LogP contribution in [0.5, 0.6) is 11.8 Å². The number of likely N-dealkylation sites (tertiary alicyclic amines) is 1. The molecule has 4 fully saturated rings. The lowest BCUT2D eigenvalue weighted by atomic mass is 9.95. The van der Waals surface area contributed by atoms with Crippen LogP contribution >= 0.6 is 0 Å². The van der Waals surface area contributed by atoms with E-state index in [4.69, 9.17) is 21.1 Å². The van der Waals surface area contributed by atoms with E-state index in [1.165, 1.54) is 18.2 Å². The van der Waals surface area contributed by atoms with Gasteiger partial charge >= 0.3 is 18.1 Å². The molecule has 56 heavy (non-hydrogen) atoms. The molecule has 5 heterocycles. The molecule has 3 saturated heterocycles. The van der Waals surface area contributed by atoms with Crippen LogP contribution in [0.15, 0.2) is 29.8 Å². The molecule has 2 atom stereocenters. The summed E-state index contributed by atoms with van der Waals surface area (Å²) in [5.41, 5.74) is 0.102. The molecule has 0 radical (unpaired) electrons. The predicted octanol–water partition coefficient (Wildman–Crippen LogP) is 7.57. The van der Waals surface area contributed by atoms with E-state index in [1.54, 1.807) is 24.8 Å². The summed E-state index contributed by atoms with van der Waals surface area (Å²) in [5, 5.41) is 11.4. The highest BCUT2D eigenvalue weighted by atomic mass is 19.4. The molecule has 0 spiro atoms. The molecule has 294 valence electrons. The van der Waals surface area contributed by atoms with Crippen molar-refractivity contribution in [1.82, 2.24) is 24.8 Å². The van der Waals surface area contributed by atoms with Crippen LogP contribution in [0.4, 0.5) is 32.2 Å². The Hall–Kier alpha value is -5.10. The van der Waals surface area contributed by atoms with Crippen LogP contribution in [0.25, 0.3) is 39.0 Å². The minimum absolute atomic E-state index is 0.0159. The minimum Gasteiger partial charge on any atom is -0.508 e. The van der Waals surface area contributed by atoms with E-state index >= 15 is 8.78 Å². The number of benzene rings is 2. The first-order valence-corrected chi connectivity index (χ1v) is 18.8. The number of phenolic OH excluding ortho intramolecular Hbond substituents is 1. The lowest BCUT2D eigenvalue weighted by molar-refractivity contribution is -0.188. The summed E-state index contributed by atoms with van der Waals surface area (Å²) in [6.45, 7) is 5.71. The van der Waals surface area contributed by atoms with Gasteiger partial charge in [0.05, 0.1) is 35.3 Å². The maximum atomic E-state index is 17.4. The van der Waals surface area contributed by atoms with Crippen LogP contribution < -0.4 is 9.64 Å². The molecule has 2 unspecified atom stereocenters. The SMILES string of the molecule is C#Cc1c(F)ccc2cc(O)cc(-c3nc(C=C(C)C)c4c(N5CC6CCC(C5)N6C(=O)C(F)(F)F)nc(OCC5(CN6CCC(F)CC6)CC5)nc4c3F)c12. The van der Waals surface area contributed by atoms with Gasteiger partial charge in [0.15, 0.2) is 5.82 Å². The van der Waals surface area contributed by atoms with E-state index in [2.05, 4.69) is 15.8 Å². The number of piperazine rings is 1. The van der Waals surface area contributed by atoms with Crippen molar-refractivity contribution >= 4 is 39.5 Å². The Bertz CT molecular complexity index is 2300. The van der Waals surface area contributed by atoms with Gasteiger partial charge in [-0.2, -0.15) is 23.1 Å². The first-order chi connectivity index (χ1) is 26.6. The van der Waals surface area contributed by atoms with E-state index in [0.717, 1.165) is 29.4 Å². The zero-order valence-corrected chi connectivity index (χ0v) is 30.9. The maximum absolute atomic E-state index is 17.4. The molecule has 4 aromatic rings. The number of hydrogen-bond acceptors (Lipinski definition) is 8. The van der Waals surface area contributed by atoms with Crippen LogP contribution in [0.2, 0.25) is 0 Å². The van der Waals surface area contributed by atoms with Crippen molar-refractivity contribution in [3.8, 4) is 35.4 Å². The van der Waals surface area contributed by atoms with E-state index in [-0.39, 0.29) is 81.5 Å². The third kappa shape index (κ3) is 6.97. The number of terminal acetylenes is 1. The first-order valence-electron chi connectivity index (χ1n) is 18.8. The van der Waals surface area contributed by atoms with E-state index < -0.39 is 42.0 Å². The zero-order valence-electron chi connectivity index (χ0n) is 30.9. The highest BCUT2D eigenvalue weighted by Crippen LogP contribution is 2.48. The maximum Gasteiger partial charge on any atom is 0.471 e. The number of hydrogen-bond donors (Lipinski definition) is 1. The fourth-order valence-corrected chi connectivity index (χ4v) is 8.59. The monoisotopic (exact) mass is 778 g/mol. The number of carbonyl (C=O) groups excluding carboxylic acids is 1. The largest absolute Gasteiger partial charge is 0.508 e. The van der Waals surface area contributed by atoms with Crippen molar-refractivity contribution in [2.75, 3.05) is 44.2 Å². The Kier molecular flexibility index (Phi) is 9.54. The van der Waals surface area contributed by atoms with Gasteiger partial charge < -0.3 is 24.5 Å². The average molecular weight is 779 g/mol. The zero-order chi connectivity index (χ0) is 39.7. The number of carbonyl (C=O) groups is 1. The number of fused-ring (bicyclic) bond motifs is 4. The number of aromatic nitrogens is 3. The molecule has 1 saturated carbocycles. The molecule has 9 nitrogen and oxygen atoms in total. The summed E-state index contributed by atoms with van der Waals surface area (Å²) in [7, 11) is 0. The lowest BCUT2D eigenvalue weighted by Gasteiger charge is -2.42. The smallest absolute Gasteiger partial charge is 0.471 e. The van der Waals surface area contributed by atoms with Crippen molar-refractivity contribution < 1.29 is 41.0 Å². The molecule has 15 heteroatoms. The number of phenols is 1. The van der Waals surface area contributed by atoms with Gasteiger partial charge in [0.2, 0.25) is 0 Å². The van der Waals surface area contributed by atoms with Gasteiger partial charge in [-0.25, -0.2) is 18.2 Å². The molecule has 3 aliphatic heterocycles. The Labute approximate surface area is 319 Å². The second-order valence-electron chi connectivity index (χ2n) is 15.8. The fraction of sp³-hybridized carbons (Fsp3) is 0.463. The summed E-state index contributed by atoms with van der Waals surface area (Å²) in [4.78, 5) is 31.5. The molecular weight excluding hydrogens is 738 g/mol. The number of ether oxygens (including phenoxy) is 1. The summed E-state index contributed by atoms with van der Waals surface area (Å²) < 4.78 is 93.7. The number of piperidine rings is 1. The number of allylic oxidation sites excluding steroid dienone is 1. The van der Waals surface area contributed by atoms with Crippen LogP contribution in [0, 0.1) is 29.4 Å². The molecule has 1 aliphatic carbocycles. The topological polar surface area (TPSA) is 94.9 Å². The van der Waals surface area contributed by atoms with Crippen molar-refractivity contribution in [3.05, 3.63) is 52.7 Å². The quantitative estimate of drug-likeness (QED) is 0.145. The highest BCUT2D eigenvalue weighted by Gasteiger charge is 2.52. The van der Waals surface area contributed by atoms with Gasteiger partial charge in [0.1, 0.15) is 34.8 Å². The number of rotatable bonds is 8. The summed E-state index contributed by atoms with van der Waals surface area (Å²) in [6.07, 6.45) is 4.89. The van der Waals surface area contributed by atoms with Crippen LogP contribution in [0.1, 0.15) is 63.6 Å². The highest BCUT2D eigenvalue weighted by molar-refractivity contribution is 6.04. The van der Waals surface area contributed by atoms with Crippen LogP contribution in [-0.2, 0) is 4.79 Å². The molecule has 2 bridgehead atoms. The Morgan fingerprint density at radius 2 is 1.73 bits per heavy atom. The average Bonchev–Trinajstić information content (AvgIpc) is 3.87. The van der Waals surface area contributed by atoms with Crippen molar-refractivity contribution in [3.63, 3.8) is 0 Å². The Morgan fingerprint density at radius 3 is 2.36 bits per heavy atom. The number of nitrogens with zero attached hydrogens (tertiary/aromatic N) is 6. The lowest BCUT2D eigenvalue weighted by Crippen LogP contribution is -2.59. The molecule has 1 N–H and O–H groups in total. The van der Waals surface area contributed by atoms with Gasteiger partial charge in [-0.1, -0.05) is 17.6 Å². The van der Waals surface area contributed by atoms with Gasteiger partial charge in [-0.15, -0.1) is 6.42 Å². The number of pyridine rings is 1. The summed E-state index contributed by atoms with van der Waals surface area (Å²) in [6, 6.07) is 3.49. The third-order valence-corrected chi connectivity index (χ3v) is 11.4. The van der Waals surface area contributed by atoms with E-state index in [0.29, 0.717) is 50.7 Å². The number of alkyl halides is 4. The standard InChI is InChI=1S/C41H40F6N6O3/c1-4-28-30(43)8-5-23-16-27(54)17-29(32(23)28)35-34(44)36-33(31(48-35)15-22(2)3)37(52-18-25-6-7-26(19-52)53(25)38(55)41(45,46)47)50-39(49-36)56-21-40(11-12-40)20-51-13-9-24(42)10-14-51/h1,5,8,15-17,24-26,54H,6-7,9-14,18-21H2,2-3H3. The molecule has 4 aliphatic rings. The van der Waals surface area contributed by atoms with Crippen molar-refractivity contribution in [1.29, 1.82) is 0 Å². The Balaban J connectivity index is 1.28. The normalized spacial score (nSPS) is 21.1. The fourth-order valence-electron chi connectivity index (χ4n) is 8.59. The van der Waals surface area contributed by atoms with Gasteiger partial charge in [-0.05, 0) is 82.0 Å². The van der Waals surface area contributed by atoms with Gasteiger partial charge in [-0.3, -0.25) is 4.79 Å². The number of anilines is 1. The van der Waals surface area contributed by atoms with Gasteiger partial charge in [0.25, 0.3) is 0 Å². The van der Waals surface area contributed by atoms with Gasteiger partial charge in [0, 0.05) is 49.1 Å². The third-order valence-electron chi connectivity index (χ3n) is 11.4. The van der Waals surface area contributed by atoms with Crippen LogP contribution in [0.3, 0.4) is 0 Å². The molecule has 2 aromatic carbocycles. The van der Waals surface area contributed by atoms with E-state index in [1.807, 2.05) is 0 Å². The molecular formula is C41H40F6N6O3. The second kappa shape index (κ2) is 14.1. The van der Waals surface area contributed by atoms with E-state index in [9.17, 15) is 27.5 Å². The molecule has 1 amide bonds. The number of amides is 1. The van der Waals surface area contributed by atoms with Crippen molar-refractivity contribution in [2.45, 2.75) is 76.8 Å². The number of aromatic hydroxyl groups is 1. The van der Waals surface area contributed by atoms with Crippen LogP contribution in [-0.4, -0.2) is 99.5 Å². The minimum atomic E-state index is -5.04. The summed E-state index contributed by atoms with van der Waals surface area (Å²) >= 11 is 0. The molecule has 2 aromatic heterocycles. The molecule has 8 rings (SSSR count). The summed E-state index contributed by atoms with van der Waals surface area (Å²) in [5.74, 6) is -1.28. The first kappa shape index (κ1) is 37.8. The Morgan fingerprint density at radius 1 is 1.04 bits per heavy atom. The second-order valence-corrected chi connectivity index (χ2v) is 15.8. The number of halogens is 6. The predicted molar refractivity (Wildman–Crippen MR) is 199 cm³/mol.